The average molecular weight is 213 g/mol. The molecule has 4 heteroatoms. The van der Waals surface area contributed by atoms with Crippen LogP contribution in [0.2, 0.25) is 5.02 Å². The molecule has 1 saturated heterocycles. The lowest BCUT2D eigenvalue weighted by atomic mass is 10.1. The van der Waals surface area contributed by atoms with Crippen molar-refractivity contribution in [3.8, 4) is 0 Å². The molecule has 14 heavy (non-hydrogen) atoms. The fraction of sp³-hybridized carbons (Fsp3) is 0.300. The smallest absolute Gasteiger partial charge is 0.184 e. The Morgan fingerprint density at radius 1 is 1.36 bits per heavy atom. The van der Waals surface area contributed by atoms with Gasteiger partial charge in [-0.3, -0.25) is 4.79 Å². The van der Waals surface area contributed by atoms with Crippen LogP contribution in [0.25, 0.3) is 0 Å². The van der Waals surface area contributed by atoms with Crippen LogP contribution < -0.4 is 0 Å². The molecular weight excluding hydrogens is 204 g/mol. The van der Waals surface area contributed by atoms with Crippen molar-refractivity contribution in [3.05, 3.63) is 34.3 Å². The van der Waals surface area contributed by atoms with Gasteiger partial charge in [-0.1, -0.05) is 11.6 Å². The molecule has 0 amide bonds. The van der Waals surface area contributed by atoms with Gasteiger partial charge >= 0.3 is 0 Å². The maximum atomic E-state index is 10.7. The van der Waals surface area contributed by atoms with Gasteiger partial charge in [-0.05, 0) is 18.2 Å². The van der Waals surface area contributed by atoms with Crippen molar-refractivity contribution in [1.29, 1.82) is 0 Å². The third-order valence-electron chi connectivity index (χ3n) is 2.05. The fourth-order valence-corrected chi connectivity index (χ4v) is 1.58. The summed E-state index contributed by atoms with van der Waals surface area (Å²) in [5.74, 6) is 0. The van der Waals surface area contributed by atoms with Crippen LogP contribution in [0.1, 0.15) is 22.2 Å². The van der Waals surface area contributed by atoms with E-state index in [4.69, 9.17) is 21.1 Å². The lowest BCUT2D eigenvalue weighted by Crippen LogP contribution is -2.02. The highest BCUT2D eigenvalue weighted by atomic mass is 35.5. The molecule has 1 fully saturated rings. The van der Waals surface area contributed by atoms with Crippen LogP contribution in [-0.2, 0) is 9.47 Å². The number of rotatable bonds is 2. The van der Waals surface area contributed by atoms with Gasteiger partial charge in [0.05, 0.1) is 13.2 Å². The van der Waals surface area contributed by atoms with Gasteiger partial charge in [0.15, 0.2) is 12.6 Å². The first-order valence-electron chi connectivity index (χ1n) is 4.29. The number of hydrogen-bond donors (Lipinski definition) is 0. The summed E-state index contributed by atoms with van der Waals surface area (Å²) in [6.45, 7) is 1.10. The molecule has 0 unspecified atom stereocenters. The second-order valence-corrected chi connectivity index (χ2v) is 3.40. The first kappa shape index (κ1) is 9.65. The second-order valence-electron chi connectivity index (χ2n) is 2.96. The van der Waals surface area contributed by atoms with Crippen LogP contribution in [0.5, 0.6) is 0 Å². The summed E-state index contributed by atoms with van der Waals surface area (Å²) in [6, 6.07) is 5.03. The Morgan fingerprint density at radius 3 is 2.71 bits per heavy atom. The van der Waals surface area contributed by atoms with Gasteiger partial charge < -0.3 is 9.47 Å². The van der Waals surface area contributed by atoms with Gasteiger partial charge in [0, 0.05) is 16.1 Å². The molecule has 0 radical (unpaired) electrons. The van der Waals surface area contributed by atoms with E-state index in [-0.39, 0.29) is 0 Å². The van der Waals surface area contributed by atoms with Crippen LogP contribution in [0.4, 0.5) is 0 Å². The quantitative estimate of drug-likeness (QED) is 0.705. The van der Waals surface area contributed by atoms with Gasteiger partial charge in [-0.2, -0.15) is 0 Å². The third kappa shape index (κ3) is 1.80. The molecule has 1 aliphatic rings. The van der Waals surface area contributed by atoms with E-state index in [2.05, 4.69) is 0 Å². The molecule has 1 aromatic rings. The maximum absolute atomic E-state index is 10.7. The summed E-state index contributed by atoms with van der Waals surface area (Å²) < 4.78 is 10.6. The van der Waals surface area contributed by atoms with Crippen molar-refractivity contribution in [3.63, 3.8) is 0 Å². The summed E-state index contributed by atoms with van der Waals surface area (Å²) in [7, 11) is 0. The van der Waals surface area contributed by atoms with Gasteiger partial charge in [0.1, 0.15) is 0 Å². The molecule has 1 aliphatic heterocycles. The molecule has 0 atom stereocenters. The van der Waals surface area contributed by atoms with Crippen molar-refractivity contribution in [2.45, 2.75) is 6.29 Å². The van der Waals surface area contributed by atoms with Gasteiger partial charge in [-0.15, -0.1) is 0 Å². The van der Waals surface area contributed by atoms with E-state index < -0.39 is 6.29 Å². The largest absolute Gasteiger partial charge is 0.346 e. The third-order valence-corrected chi connectivity index (χ3v) is 2.29. The Morgan fingerprint density at radius 2 is 2.07 bits per heavy atom. The fourth-order valence-electron chi connectivity index (χ4n) is 1.40. The van der Waals surface area contributed by atoms with Gasteiger partial charge in [0.2, 0.25) is 0 Å². The highest BCUT2D eigenvalue weighted by molar-refractivity contribution is 6.30. The topological polar surface area (TPSA) is 35.5 Å². The number of benzene rings is 1. The minimum absolute atomic E-state index is 0.450. The monoisotopic (exact) mass is 212 g/mol. The Hall–Kier alpha value is -0.900. The Labute approximate surface area is 86.6 Å². The number of carbonyl (C=O) groups is 1. The lowest BCUT2D eigenvalue weighted by Gasteiger charge is -2.11. The first-order valence-corrected chi connectivity index (χ1v) is 4.67. The molecule has 3 nitrogen and oxygen atoms in total. The maximum Gasteiger partial charge on any atom is 0.184 e. The minimum atomic E-state index is -0.450. The molecule has 0 aromatic heterocycles. The lowest BCUT2D eigenvalue weighted by molar-refractivity contribution is -0.0444. The van der Waals surface area contributed by atoms with E-state index in [9.17, 15) is 4.79 Å². The molecule has 1 heterocycles. The summed E-state index contributed by atoms with van der Waals surface area (Å²) in [4.78, 5) is 10.7. The van der Waals surface area contributed by atoms with Crippen molar-refractivity contribution in [2.24, 2.45) is 0 Å². The van der Waals surface area contributed by atoms with E-state index in [1.54, 1.807) is 18.2 Å². The molecule has 2 rings (SSSR count). The predicted molar refractivity (Wildman–Crippen MR) is 51.5 cm³/mol. The summed E-state index contributed by atoms with van der Waals surface area (Å²) in [6.07, 6.45) is 0.324. The van der Waals surface area contributed by atoms with Crippen LogP contribution in [0, 0.1) is 0 Å². The molecule has 1 aromatic carbocycles. The van der Waals surface area contributed by atoms with E-state index in [0.29, 0.717) is 29.4 Å². The second kappa shape index (κ2) is 4.09. The number of ether oxygens (including phenoxy) is 2. The molecule has 0 N–H and O–H groups in total. The minimum Gasteiger partial charge on any atom is -0.346 e. The molecule has 0 saturated carbocycles. The standard InChI is InChI=1S/C10H9ClO3/c11-8-2-1-7(6-12)9(5-8)10-13-3-4-14-10/h1-2,5-6,10H,3-4H2. The first-order chi connectivity index (χ1) is 6.81. The van der Waals surface area contributed by atoms with Crippen LogP contribution >= 0.6 is 11.6 Å². The van der Waals surface area contributed by atoms with Gasteiger partial charge in [-0.25, -0.2) is 0 Å². The Balaban J connectivity index is 2.37. The number of hydrogen-bond acceptors (Lipinski definition) is 3. The Bertz CT molecular complexity index is 345. The van der Waals surface area contributed by atoms with Gasteiger partial charge in [0.25, 0.3) is 0 Å². The predicted octanol–water partition coefficient (Wildman–Crippen LogP) is 2.20. The normalized spacial score (nSPS) is 17.2. The molecule has 0 spiro atoms. The SMILES string of the molecule is O=Cc1ccc(Cl)cc1C1OCCO1. The summed E-state index contributed by atoms with van der Waals surface area (Å²) in [5, 5.41) is 0.574. The highest BCUT2D eigenvalue weighted by Crippen LogP contribution is 2.27. The van der Waals surface area contributed by atoms with Crippen molar-refractivity contribution in [2.75, 3.05) is 13.2 Å². The van der Waals surface area contributed by atoms with Crippen LogP contribution in [-0.4, -0.2) is 19.5 Å². The number of halogens is 1. The van der Waals surface area contributed by atoms with E-state index >= 15 is 0 Å². The number of aldehydes is 1. The zero-order chi connectivity index (χ0) is 9.97. The van der Waals surface area contributed by atoms with Crippen molar-refractivity contribution in [1.82, 2.24) is 0 Å². The summed E-state index contributed by atoms with van der Waals surface area (Å²) >= 11 is 5.83. The average Bonchev–Trinajstić information content (AvgIpc) is 2.70. The van der Waals surface area contributed by atoms with Crippen LogP contribution in [0.3, 0.4) is 0 Å². The molecule has 0 bridgehead atoms. The van der Waals surface area contributed by atoms with E-state index in [1.165, 1.54) is 0 Å². The van der Waals surface area contributed by atoms with Crippen LogP contribution in [0.15, 0.2) is 18.2 Å². The van der Waals surface area contributed by atoms with Crippen molar-refractivity contribution < 1.29 is 14.3 Å². The highest BCUT2D eigenvalue weighted by Gasteiger charge is 2.21. The molecule has 74 valence electrons. The zero-order valence-corrected chi connectivity index (χ0v) is 8.16. The van der Waals surface area contributed by atoms with E-state index in [1.807, 2.05) is 0 Å². The molecular formula is C10H9ClO3. The number of carbonyl (C=O) groups excluding carboxylic acids is 1. The zero-order valence-electron chi connectivity index (χ0n) is 7.40. The van der Waals surface area contributed by atoms with E-state index in [0.717, 1.165) is 6.29 Å². The molecule has 0 aliphatic carbocycles. The Kier molecular flexibility index (Phi) is 2.82. The van der Waals surface area contributed by atoms with Crippen molar-refractivity contribution >= 4 is 17.9 Å². The summed E-state index contributed by atoms with van der Waals surface area (Å²) in [5.41, 5.74) is 1.26.